The van der Waals surface area contributed by atoms with Crippen LogP contribution in [-0.2, 0) is 30.5 Å². The van der Waals surface area contributed by atoms with Crippen LogP contribution in [0.5, 0.6) is 0 Å². The third kappa shape index (κ3) is 14.7. The van der Waals surface area contributed by atoms with E-state index in [-0.39, 0.29) is 58.6 Å². The molecule has 1 aromatic carbocycles. The summed E-state index contributed by atoms with van der Waals surface area (Å²) in [7, 11) is 2.91. The van der Waals surface area contributed by atoms with E-state index in [0.717, 1.165) is 61.6 Å². The van der Waals surface area contributed by atoms with Crippen molar-refractivity contribution in [2.45, 2.75) is 89.8 Å². The summed E-state index contributed by atoms with van der Waals surface area (Å²) >= 11 is 6.86. The van der Waals surface area contributed by atoms with Crippen LogP contribution in [-0.4, -0.2) is 131 Å². The highest BCUT2D eigenvalue weighted by Gasteiger charge is 2.34. The third-order valence-electron chi connectivity index (χ3n) is 14.5. The minimum Gasteiger partial charge on any atom is -0.481 e. The minimum atomic E-state index is -1.31. The lowest BCUT2D eigenvalue weighted by molar-refractivity contribution is -0.143. The van der Waals surface area contributed by atoms with Crippen molar-refractivity contribution >= 4 is 121 Å². The number of hydrogen-bond donors (Lipinski definition) is 9. The van der Waals surface area contributed by atoms with E-state index in [9.17, 15) is 53.7 Å². The molecule has 1 aliphatic carbocycles. The number of urea groups is 1. The van der Waals surface area contributed by atoms with Crippen molar-refractivity contribution in [2.75, 3.05) is 32.1 Å². The van der Waals surface area contributed by atoms with E-state index < -0.39 is 90.7 Å². The highest BCUT2D eigenvalue weighted by molar-refractivity contribution is 7.15. The van der Waals surface area contributed by atoms with Gasteiger partial charge in [0.05, 0.1) is 48.1 Å². The van der Waals surface area contributed by atoms with E-state index in [1.807, 2.05) is 13.8 Å². The fraction of sp³-hybridized carbons (Fsp3) is 0.351. The van der Waals surface area contributed by atoms with Gasteiger partial charge in [0, 0.05) is 52.2 Å². The van der Waals surface area contributed by atoms with Gasteiger partial charge in [-0.1, -0.05) is 44.2 Å². The normalized spacial score (nSPS) is 18.6. The number of carboxylic acid groups (broad SMARTS) is 2. The average Bonchev–Trinajstić information content (AvgIpc) is 2.72. The van der Waals surface area contributed by atoms with Crippen molar-refractivity contribution < 1.29 is 58.4 Å². The molecule has 1 unspecified atom stereocenters. The quantitative estimate of drug-likeness (QED) is 0.0537. The Balaban J connectivity index is 1.04. The zero-order valence-corrected chi connectivity index (χ0v) is 53.0. The highest BCUT2D eigenvalue weighted by Crippen LogP contribution is 2.40. The molecule has 32 heteroatoms. The van der Waals surface area contributed by atoms with Gasteiger partial charge in [-0.05, 0) is 56.2 Å². The van der Waals surface area contributed by atoms with Gasteiger partial charge in [-0.2, -0.15) is 0 Å². The van der Waals surface area contributed by atoms with Gasteiger partial charge in [-0.3, -0.25) is 38.5 Å². The fourth-order valence-corrected chi connectivity index (χ4v) is 15.4. The lowest BCUT2D eigenvalue weighted by Gasteiger charge is -2.29. The van der Waals surface area contributed by atoms with Crippen LogP contribution in [0.25, 0.3) is 43.4 Å². The number of hydrogen-bond acceptors (Lipinski definition) is 23. The molecule has 89 heavy (non-hydrogen) atoms. The molecule has 9 N–H and O–H groups in total. The predicted octanol–water partition coefficient (Wildman–Crippen LogP) is 7.56. The van der Waals surface area contributed by atoms with Gasteiger partial charge < -0.3 is 52.0 Å². The third-order valence-corrected chi connectivity index (χ3v) is 20.2. The Hall–Kier alpha value is -8.37. The van der Waals surface area contributed by atoms with Crippen molar-refractivity contribution in [3.8, 4) is 43.4 Å². The van der Waals surface area contributed by atoms with Crippen molar-refractivity contribution in [1.29, 1.82) is 0 Å². The molecular formula is C57H58N14O12S6. The Morgan fingerprint density at radius 1 is 0.697 bits per heavy atom. The maximum Gasteiger partial charge on any atom is 0.323 e. The van der Waals surface area contributed by atoms with E-state index in [1.54, 1.807) is 60.1 Å². The number of aryl methyl sites for hydroxylation is 1. The molecule has 8 aromatic rings. The second-order valence-corrected chi connectivity index (χ2v) is 26.8. The van der Waals surface area contributed by atoms with Gasteiger partial charge >= 0.3 is 18.0 Å². The molecule has 1 fully saturated rings. The molecule has 4 atom stereocenters. The Morgan fingerprint density at radius 3 is 2.11 bits per heavy atom. The number of nitrogens with zero attached hydrogens (tertiary/aromatic N) is 8. The average molecular weight is 1320 g/mol. The molecule has 0 spiro atoms. The summed E-state index contributed by atoms with van der Waals surface area (Å²) in [5, 5.41) is 56.7. The smallest absolute Gasteiger partial charge is 0.323 e. The predicted molar refractivity (Wildman–Crippen MR) is 334 cm³/mol. The molecule has 26 nitrogen and oxygen atoms in total. The summed E-state index contributed by atoms with van der Waals surface area (Å²) in [6, 6.07) is 8.05. The maximum absolute atomic E-state index is 14.4. The number of pyridine rings is 1. The number of methoxy groups -OCH3 is 1. The first kappa shape index (κ1) is 63.6. The summed E-state index contributed by atoms with van der Waals surface area (Å²) in [5.41, 5.74) is 2.18. The molecular weight excluding hydrogens is 1270 g/mol. The molecule has 8 heterocycles. The van der Waals surface area contributed by atoms with Crippen LogP contribution in [0.15, 0.2) is 64.0 Å². The summed E-state index contributed by atoms with van der Waals surface area (Å²) in [6.07, 6.45) is -0.0562. The summed E-state index contributed by atoms with van der Waals surface area (Å²) in [5.74, 6) is -5.99. The van der Waals surface area contributed by atoms with Gasteiger partial charge in [-0.15, -0.1) is 68.0 Å². The van der Waals surface area contributed by atoms with Crippen molar-refractivity contribution in [3.63, 3.8) is 0 Å². The molecule has 464 valence electrons. The lowest BCUT2D eigenvalue weighted by Crippen LogP contribution is -2.48. The number of aliphatic carboxylic acids is 2. The number of thiazole rings is 6. The van der Waals surface area contributed by atoms with Gasteiger partial charge in [0.15, 0.2) is 0 Å². The molecule has 1 aliphatic heterocycles. The van der Waals surface area contributed by atoms with E-state index in [0.29, 0.717) is 88.7 Å². The number of aromatic nitrogens is 7. The van der Waals surface area contributed by atoms with Crippen molar-refractivity contribution in [3.05, 3.63) is 111 Å². The number of aliphatic hydroxyl groups excluding tert-OH is 1. The number of carboxylic acids is 2. The van der Waals surface area contributed by atoms with Gasteiger partial charge in [0.1, 0.15) is 88.7 Å². The Labute approximate surface area is 531 Å². The summed E-state index contributed by atoms with van der Waals surface area (Å²) < 4.78 is 5.45. The zero-order valence-electron chi connectivity index (χ0n) is 48.1. The number of anilines is 1. The zero-order chi connectivity index (χ0) is 63.2. The second-order valence-electron chi connectivity index (χ2n) is 21.0. The van der Waals surface area contributed by atoms with Crippen LogP contribution < -0.4 is 36.8 Å². The highest BCUT2D eigenvalue weighted by atomic mass is 32.1. The Kier molecular flexibility index (Phi) is 20.0. The molecule has 7 amide bonds. The van der Waals surface area contributed by atoms with Gasteiger partial charge in [-0.25, -0.2) is 39.7 Å². The number of carbonyl (C=O) groups is 8. The first-order valence-corrected chi connectivity index (χ1v) is 32.9. The standard InChI is InChI=1S/C57H58N14O12S6/c1-25(2)41-55-70-44(36(89-55)20-83-5)48(78)59-18-39(73)67-45(46(76)27-9-7-6-8-10-27)54-65-35(23-86-54)52-63-33(21-85-52)43-30(50-64-34(22-84-50)47(77)62-32(17-38(72)58-4)53-69-42(26(3)88-53)49(79)68-41)15-16-31(61-43)51-66-37(24-87-51)71(19-40(74)75)57(82)60-29-13-11-28(12-14-29)56(80)81/h6-10,15-16,21-25,28-29,32,41,45-46,76H,11-14,17-20H2,1-5H3,(H,58,72)(H,59,78)(H,60,82)(H,62,77)(H,67,73)(H,68,79)(H,74,75)(H,80,81)/t28?,29?,32-,41?,45-,46-/m0/s1. The molecule has 10 bridgehead atoms. The van der Waals surface area contributed by atoms with Gasteiger partial charge in [0.25, 0.3) is 17.7 Å². The van der Waals surface area contributed by atoms with Crippen LogP contribution in [0.4, 0.5) is 10.6 Å². The van der Waals surface area contributed by atoms with E-state index >= 15 is 0 Å². The summed E-state index contributed by atoms with van der Waals surface area (Å²) in [6.45, 7) is 4.14. The first-order chi connectivity index (χ1) is 42.7. The van der Waals surface area contributed by atoms with E-state index in [1.165, 1.54) is 36.3 Å². The van der Waals surface area contributed by atoms with Crippen LogP contribution in [0.1, 0.15) is 132 Å². The number of aliphatic hydroxyl groups is 1. The monoisotopic (exact) mass is 1320 g/mol. The molecule has 2 aliphatic rings. The fourth-order valence-electron chi connectivity index (χ4n) is 9.83. The van der Waals surface area contributed by atoms with E-state index in [4.69, 9.17) is 24.7 Å². The second kappa shape index (κ2) is 28.0. The van der Waals surface area contributed by atoms with Crippen LogP contribution >= 0.6 is 68.0 Å². The SMILES string of the molecule is CNC(=O)C[C@@H]1NC(=O)c2csc(n2)-c2ccc(-c3nc(N(CC(=O)O)C(=O)NC4CCC(C(=O)O)CC4)cs3)nc2-c2csc(n2)-c2csc(n2)[C@H]([C@@H](O)c2ccccc2)NC(=O)CNC(=O)c2nc(sc2COC)C(C(C)C)NC(=O)c2nc1sc2C. The Bertz CT molecular complexity index is 3960. The lowest BCUT2D eigenvalue weighted by atomic mass is 9.86. The van der Waals surface area contributed by atoms with Crippen LogP contribution in [0, 0.1) is 18.8 Å². The number of rotatable bonds is 13. The van der Waals surface area contributed by atoms with Crippen molar-refractivity contribution in [1.82, 2.24) is 66.8 Å². The Morgan fingerprint density at radius 2 is 1.39 bits per heavy atom. The number of nitrogens with one attached hydrogen (secondary N) is 6. The largest absolute Gasteiger partial charge is 0.481 e. The van der Waals surface area contributed by atoms with Crippen molar-refractivity contribution in [2.24, 2.45) is 11.8 Å². The number of benzene rings is 1. The van der Waals surface area contributed by atoms with Gasteiger partial charge in [0.2, 0.25) is 11.8 Å². The number of carbonyl (C=O) groups excluding carboxylic acids is 6. The number of amides is 7. The number of ether oxygens (including phenoxy) is 1. The summed E-state index contributed by atoms with van der Waals surface area (Å²) in [4.78, 5) is 143. The molecule has 0 radical (unpaired) electrons. The molecule has 0 saturated heterocycles. The van der Waals surface area contributed by atoms with Crippen LogP contribution in [0.3, 0.4) is 0 Å². The van der Waals surface area contributed by atoms with E-state index in [2.05, 4.69) is 46.9 Å². The van der Waals surface area contributed by atoms with Crippen LogP contribution in [0.2, 0.25) is 0 Å². The minimum absolute atomic E-state index is 0.0156. The first-order valence-electron chi connectivity index (χ1n) is 27.7. The maximum atomic E-state index is 14.4. The number of fused-ring (bicyclic) bond motifs is 14. The molecule has 1 saturated carbocycles. The molecule has 7 aromatic heterocycles. The topological polar surface area (TPSA) is 372 Å². The molecule has 10 rings (SSSR count).